The zero-order valence-electron chi connectivity index (χ0n) is 16.4. The highest BCUT2D eigenvalue weighted by molar-refractivity contribution is 6.30. The predicted molar refractivity (Wildman–Crippen MR) is 111 cm³/mol. The fraction of sp³-hybridized carbons (Fsp3) is 0.143. The molecule has 0 bridgehead atoms. The van der Waals surface area contributed by atoms with E-state index in [1.165, 1.54) is 30.6 Å². The normalized spacial score (nSPS) is 10.8. The van der Waals surface area contributed by atoms with E-state index in [0.717, 1.165) is 5.56 Å². The number of ether oxygens (including phenoxy) is 1. The molecular weight excluding hydrogens is 425 g/mol. The maximum atomic E-state index is 13.0. The van der Waals surface area contributed by atoms with Crippen molar-refractivity contribution in [3.05, 3.63) is 88.3 Å². The van der Waals surface area contributed by atoms with Crippen LogP contribution in [0.4, 0.5) is 10.3 Å². The van der Waals surface area contributed by atoms with Gasteiger partial charge in [0.1, 0.15) is 30.3 Å². The first-order chi connectivity index (χ1) is 15.0. The summed E-state index contributed by atoms with van der Waals surface area (Å²) in [5.41, 5.74) is 1.52. The van der Waals surface area contributed by atoms with Crippen LogP contribution in [0.3, 0.4) is 0 Å². The van der Waals surface area contributed by atoms with E-state index in [0.29, 0.717) is 28.6 Å². The molecule has 158 valence electrons. The number of aryl methyl sites for hydroxylation is 1. The third-order valence-electron chi connectivity index (χ3n) is 4.42. The number of amides is 1. The second-order valence-electron chi connectivity index (χ2n) is 6.65. The Hall–Kier alpha value is -3.72. The fourth-order valence-corrected chi connectivity index (χ4v) is 2.92. The van der Waals surface area contributed by atoms with Crippen molar-refractivity contribution in [3.63, 3.8) is 0 Å². The molecule has 0 saturated heterocycles. The van der Waals surface area contributed by atoms with Crippen molar-refractivity contribution < 1.29 is 18.4 Å². The maximum absolute atomic E-state index is 13.0. The zero-order valence-corrected chi connectivity index (χ0v) is 17.1. The summed E-state index contributed by atoms with van der Waals surface area (Å²) in [6, 6.07) is 12.9. The first kappa shape index (κ1) is 20.5. The number of carbonyl (C=O) groups is 1. The number of anilines is 1. The van der Waals surface area contributed by atoms with Gasteiger partial charge in [0.05, 0.1) is 12.1 Å². The van der Waals surface area contributed by atoms with Gasteiger partial charge in [-0.2, -0.15) is 0 Å². The van der Waals surface area contributed by atoms with Crippen molar-refractivity contribution in [2.45, 2.75) is 20.1 Å². The quantitative estimate of drug-likeness (QED) is 0.460. The molecule has 2 aromatic carbocycles. The van der Waals surface area contributed by atoms with E-state index in [2.05, 4.69) is 20.6 Å². The van der Waals surface area contributed by atoms with Gasteiger partial charge in [0.15, 0.2) is 5.69 Å². The molecule has 31 heavy (non-hydrogen) atoms. The summed E-state index contributed by atoms with van der Waals surface area (Å²) in [7, 11) is 0. The number of aromatic nitrogens is 4. The first-order valence-electron chi connectivity index (χ1n) is 9.26. The molecule has 4 aromatic rings. The van der Waals surface area contributed by atoms with Crippen molar-refractivity contribution in [3.8, 4) is 5.75 Å². The zero-order chi connectivity index (χ0) is 21.8. The Bertz CT molecular complexity index is 1190. The fourth-order valence-electron chi connectivity index (χ4n) is 2.79. The molecule has 0 fully saturated rings. The first-order valence-corrected chi connectivity index (χ1v) is 9.64. The monoisotopic (exact) mass is 441 g/mol. The summed E-state index contributed by atoms with van der Waals surface area (Å²) in [6.45, 7) is 2.17. The van der Waals surface area contributed by atoms with Gasteiger partial charge in [-0.05, 0) is 48.9 Å². The van der Waals surface area contributed by atoms with E-state index >= 15 is 0 Å². The van der Waals surface area contributed by atoms with Crippen LogP contribution < -0.4 is 10.1 Å². The third-order valence-corrected chi connectivity index (χ3v) is 4.67. The molecular formula is C21H17ClFN5O3. The van der Waals surface area contributed by atoms with Gasteiger partial charge in [-0.15, -0.1) is 5.10 Å². The van der Waals surface area contributed by atoms with Gasteiger partial charge in [-0.25, -0.2) is 14.1 Å². The molecule has 0 saturated carbocycles. The Kier molecular flexibility index (Phi) is 5.94. The molecule has 0 aliphatic rings. The summed E-state index contributed by atoms with van der Waals surface area (Å²) in [4.78, 5) is 16.8. The van der Waals surface area contributed by atoms with E-state index in [1.807, 2.05) is 12.1 Å². The molecule has 1 amide bonds. The van der Waals surface area contributed by atoms with Crippen molar-refractivity contribution in [2.24, 2.45) is 0 Å². The largest absolute Gasteiger partial charge is 0.489 e. The molecule has 0 unspecified atom stereocenters. The summed E-state index contributed by atoms with van der Waals surface area (Å²) in [5.74, 6) is 0.129. The second-order valence-corrected chi connectivity index (χ2v) is 7.09. The van der Waals surface area contributed by atoms with E-state index < -0.39 is 5.91 Å². The van der Waals surface area contributed by atoms with Crippen LogP contribution >= 0.6 is 11.6 Å². The van der Waals surface area contributed by atoms with Crippen molar-refractivity contribution in [1.82, 2.24) is 19.9 Å². The molecule has 1 N–H and O–H groups in total. The number of nitrogens with one attached hydrogen (secondary N) is 1. The number of nitrogens with zero attached hydrogens (tertiary/aromatic N) is 4. The molecule has 0 spiro atoms. The van der Waals surface area contributed by atoms with Crippen LogP contribution in [0.1, 0.15) is 27.4 Å². The highest BCUT2D eigenvalue weighted by Crippen LogP contribution is 2.19. The van der Waals surface area contributed by atoms with Gasteiger partial charge >= 0.3 is 0 Å². The van der Waals surface area contributed by atoms with Gasteiger partial charge in [0.2, 0.25) is 5.95 Å². The minimum atomic E-state index is -0.529. The predicted octanol–water partition coefficient (Wildman–Crippen LogP) is 4.25. The SMILES string of the molecule is Cc1onc(C(=O)Nc2ncn(Cc3ccc(Cl)cc3)n2)c1COc1ccc(F)cc1. The standard InChI is InChI=1S/C21H17ClFN5O3/c1-13-18(11-30-17-8-6-16(23)7-9-17)19(27-31-13)20(29)25-21-24-12-28(26-21)10-14-2-4-15(22)5-3-14/h2-9,12H,10-11H2,1H3,(H,25,26,29). The minimum absolute atomic E-state index is 0.0299. The topological polar surface area (TPSA) is 95.1 Å². The highest BCUT2D eigenvalue weighted by atomic mass is 35.5. The molecule has 2 aromatic heterocycles. The van der Waals surface area contributed by atoms with Crippen LogP contribution in [0, 0.1) is 12.7 Å². The molecule has 0 aliphatic carbocycles. The highest BCUT2D eigenvalue weighted by Gasteiger charge is 2.21. The summed E-state index contributed by atoms with van der Waals surface area (Å²) in [5, 5.41) is 11.3. The summed E-state index contributed by atoms with van der Waals surface area (Å²) in [6.07, 6.45) is 1.51. The molecule has 4 rings (SSSR count). The average molecular weight is 442 g/mol. The Morgan fingerprint density at radius 3 is 2.68 bits per heavy atom. The van der Waals surface area contributed by atoms with E-state index in [-0.39, 0.29) is 24.1 Å². The number of carbonyl (C=O) groups excluding carboxylic acids is 1. The Morgan fingerprint density at radius 1 is 1.19 bits per heavy atom. The van der Waals surface area contributed by atoms with Crippen LogP contribution in [0.25, 0.3) is 0 Å². The maximum Gasteiger partial charge on any atom is 0.280 e. The molecule has 10 heteroatoms. The van der Waals surface area contributed by atoms with Gasteiger partial charge in [-0.3, -0.25) is 10.1 Å². The minimum Gasteiger partial charge on any atom is -0.489 e. The van der Waals surface area contributed by atoms with Gasteiger partial charge in [0.25, 0.3) is 5.91 Å². The lowest BCUT2D eigenvalue weighted by molar-refractivity contribution is 0.101. The number of halogens is 2. The van der Waals surface area contributed by atoms with E-state index in [9.17, 15) is 9.18 Å². The molecule has 8 nitrogen and oxygen atoms in total. The van der Waals surface area contributed by atoms with Crippen LogP contribution in [0.5, 0.6) is 5.75 Å². The van der Waals surface area contributed by atoms with Crippen molar-refractivity contribution in [1.29, 1.82) is 0 Å². The van der Waals surface area contributed by atoms with Crippen LogP contribution in [-0.4, -0.2) is 25.8 Å². The van der Waals surface area contributed by atoms with E-state index in [1.54, 1.807) is 23.7 Å². The third kappa shape index (κ3) is 5.07. The van der Waals surface area contributed by atoms with Crippen LogP contribution in [0.15, 0.2) is 59.4 Å². The molecule has 0 aliphatic heterocycles. The van der Waals surface area contributed by atoms with Gasteiger partial charge in [-0.1, -0.05) is 28.9 Å². The van der Waals surface area contributed by atoms with Gasteiger partial charge < -0.3 is 9.26 Å². The van der Waals surface area contributed by atoms with Crippen molar-refractivity contribution >= 4 is 23.5 Å². The van der Waals surface area contributed by atoms with Crippen LogP contribution in [-0.2, 0) is 13.2 Å². The smallest absolute Gasteiger partial charge is 0.280 e. The number of benzene rings is 2. The summed E-state index contributed by atoms with van der Waals surface area (Å²) < 4.78 is 25.4. The lowest BCUT2D eigenvalue weighted by Crippen LogP contribution is -2.16. The number of hydrogen-bond acceptors (Lipinski definition) is 6. The Balaban J connectivity index is 1.41. The Labute approximate surface area is 181 Å². The van der Waals surface area contributed by atoms with E-state index in [4.69, 9.17) is 20.9 Å². The lowest BCUT2D eigenvalue weighted by Gasteiger charge is -2.06. The second kappa shape index (κ2) is 8.97. The lowest BCUT2D eigenvalue weighted by atomic mass is 10.2. The molecule has 0 radical (unpaired) electrons. The van der Waals surface area contributed by atoms with Crippen LogP contribution in [0.2, 0.25) is 5.02 Å². The molecule has 2 heterocycles. The number of hydrogen-bond donors (Lipinski definition) is 1. The summed E-state index contributed by atoms with van der Waals surface area (Å²) >= 11 is 5.89. The average Bonchev–Trinajstić information content (AvgIpc) is 3.35. The number of rotatable bonds is 7. The van der Waals surface area contributed by atoms with Gasteiger partial charge in [0, 0.05) is 5.02 Å². The molecule has 0 atom stereocenters. The Morgan fingerprint density at radius 2 is 1.94 bits per heavy atom. The van der Waals surface area contributed by atoms with Crippen molar-refractivity contribution in [2.75, 3.05) is 5.32 Å².